The van der Waals surface area contributed by atoms with E-state index >= 15 is 0 Å². The van der Waals surface area contributed by atoms with Crippen molar-refractivity contribution in [1.29, 1.82) is 0 Å². The molecule has 1 aromatic heterocycles. The lowest BCUT2D eigenvalue weighted by Gasteiger charge is -1.92. The van der Waals surface area contributed by atoms with Gasteiger partial charge in [0.2, 0.25) is 0 Å². The minimum Gasteiger partial charge on any atom is -0.399 e. The number of rotatable bonds is 4. The maximum atomic E-state index is 5.74. The highest BCUT2D eigenvalue weighted by atomic mass is 35.5. The van der Waals surface area contributed by atoms with Crippen molar-refractivity contribution in [3.63, 3.8) is 0 Å². The van der Waals surface area contributed by atoms with Crippen molar-refractivity contribution in [2.75, 3.05) is 13.7 Å². The summed E-state index contributed by atoms with van der Waals surface area (Å²) < 4.78 is 4.99. The first-order chi connectivity index (χ1) is 12.1. The number of benzene rings is 1. The molecule has 2 aromatic rings. The molecule has 140 valence electrons. The molecule has 6 nitrogen and oxygen atoms in total. The first-order valence-corrected chi connectivity index (χ1v) is 8.50. The lowest BCUT2D eigenvalue weighted by atomic mass is 10.2. The number of halogens is 1. The summed E-state index contributed by atoms with van der Waals surface area (Å²) in [6.07, 6.45) is 2.65. The van der Waals surface area contributed by atoms with Gasteiger partial charge in [-0.3, -0.25) is 0 Å². The molecule has 1 heterocycles. The molecule has 0 aliphatic carbocycles. The summed E-state index contributed by atoms with van der Waals surface area (Å²) in [7, 11) is 1.53. The van der Waals surface area contributed by atoms with Gasteiger partial charge in [-0.15, -0.1) is 0 Å². The van der Waals surface area contributed by atoms with Crippen LogP contribution in [0.4, 0.5) is 0 Å². The summed E-state index contributed by atoms with van der Waals surface area (Å²) in [5.41, 5.74) is 0.880. The quantitative estimate of drug-likeness (QED) is 0.530. The van der Waals surface area contributed by atoms with Crippen LogP contribution < -0.4 is 0 Å². The third-order valence-corrected chi connectivity index (χ3v) is 2.46. The van der Waals surface area contributed by atoms with E-state index in [-0.39, 0.29) is 0 Å². The molecule has 25 heavy (non-hydrogen) atoms. The largest absolute Gasteiger partial charge is 0.399 e. The molecule has 0 atom stereocenters. The number of aliphatic imine (C=N–C) groups is 1. The summed E-state index contributed by atoms with van der Waals surface area (Å²) in [5, 5.41) is 7.86. The van der Waals surface area contributed by atoms with Gasteiger partial charge in [-0.1, -0.05) is 42.7 Å². The van der Waals surface area contributed by atoms with E-state index in [1.807, 2.05) is 39.8 Å². The van der Waals surface area contributed by atoms with E-state index < -0.39 is 0 Å². The molecule has 0 unspecified atom stereocenters. The van der Waals surface area contributed by atoms with Crippen LogP contribution in [0.2, 0.25) is 5.02 Å². The number of hydrogen-bond acceptors (Lipinski definition) is 6. The molecular formula is C18H29ClN4O2. The molecule has 0 saturated heterocycles. The Labute approximate surface area is 156 Å². The van der Waals surface area contributed by atoms with Crippen molar-refractivity contribution in [1.82, 2.24) is 10.1 Å². The molecule has 0 amide bonds. The lowest BCUT2D eigenvalue weighted by Crippen LogP contribution is -1.77. The predicted molar refractivity (Wildman–Crippen MR) is 107 cm³/mol. The number of aryl methyl sites for hydroxylation is 1. The molecule has 0 aliphatic heterocycles. The zero-order valence-corrected chi connectivity index (χ0v) is 16.7. The second-order valence-electron chi connectivity index (χ2n) is 4.07. The Morgan fingerprint density at radius 2 is 1.80 bits per heavy atom. The molecule has 0 bridgehead atoms. The van der Waals surface area contributed by atoms with E-state index in [2.05, 4.69) is 31.8 Å². The fraction of sp³-hybridized carbons (Fsp3) is 0.444. The molecular weight excluding hydrogens is 340 g/mol. The second-order valence-corrected chi connectivity index (χ2v) is 4.51. The molecule has 0 fully saturated rings. The third kappa shape index (κ3) is 13.9. The summed E-state index contributed by atoms with van der Waals surface area (Å²) in [4.78, 5) is 11.9. The van der Waals surface area contributed by atoms with E-state index in [1.54, 1.807) is 25.3 Å². The van der Waals surface area contributed by atoms with Gasteiger partial charge >= 0.3 is 0 Å². The molecule has 2 rings (SSSR count). The van der Waals surface area contributed by atoms with Crippen LogP contribution in [0.15, 0.2) is 38.9 Å². The smallest absolute Gasteiger partial charge is 0.257 e. The molecule has 1 aromatic carbocycles. The van der Waals surface area contributed by atoms with Gasteiger partial charge in [-0.2, -0.15) is 4.98 Å². The fourth-order valence-electron chi connectivity index (χ4n) is 1.16. The number of hydrogen-bond donors (Lipinski definition) is 0. The van der Waals surface area contributed by atoms with Crippen molar-refractivity contribution in [2.45, 2.75) is 41.0 Å². The maximum absolute atomic E-state index is 5.74. The van der Waals surface area contributed by atoms with Gasteiger partial charge in [-0.05, 0) is 51.3 Å². The highest BCUT2D eigenvalue weighted by Gasteiger charge is 2.04. The average molecular weight is 369 g/mol. The summed E-state index contributed by atoms with van der Waals surface area (Å²) in [6, 6.07) is 7.26. The van der Waals surface area contributed by atoms with Gasteiger partial charge in [0.25, 0.3) is 5.89 Å². The highest BCUT2D eigenvalue weighted by Crippen LogP contribution is 2.19. The van der Waals surface area contributed by atoms with Gasteiger partial charge in [0, 0.05) is 23.3 Å². The lowest BCUT2D eigenvalue weighted by molar-refractivity contribution is 0.214. The second kappa shape index (κ2) is 18.1. The molecule has 0 aliphatic rings. The van der Waals surface area contributed by atoms with Gasteiger partial charge in [0.15, 0.2) is 5.82 Å². The molecule has 7 heteroatoms. The topological polar surface area (TPSA) is 72.9 Å². The normalized spacial score (nSPS) is 8.92. The zero-order valence-electron chi connectivity index (χ0n) is 16.0. The molecule has 0 radical (unpaired) electrons. The molecule has 0 saturated carbocycles. The Kier molecular flexibility index (Phi) is 18.2. The summed E-state index contributed by atoms with van der Waals surface area (Å²) in [6.45, 7) is 13.8. The number of aromatic nitrogens is 2. The van der Waals surface area contributed by atoms with E-state index in [4.69, 9.17) is 16.1 Å². The van der Waals surface area contributed by atoms with Crippen LogP contribution >= 0.6 is 11.6 Å². The van der Waals surface area contributed by atoms with Crippen molar-refractivity contribution < 1.29 is 9.36 Å². The van der Waals surface area contributed by atoms with Crippen LogP contribution in [-0.4, -0.2) is 36.7 Å². The van der Waals surface area contributed by atoms with Gasteiger partial charge in [0.1, 0.15) is 7.11 Å². The third-order valence-electron chi connectivity index (χ3n) is 2.20. The number of oxime groups is 1. The standard InChI is InChI=1S/C9H7ClN2O.C4H9NO.C3H7N.C2H6/c1-6-11-9(13-12-6)7-2-4-8(10)5-3-7;1-3-4-5-6-2;1-3-4-2;1-2/h2-5H,1H3;4H,3H2,1-2H3;2-3H2,1H3;1-2H3/b;5-4+;;. The van der Waals surface area contributed by atoms with Crippen molar-refractivity contribution >= 4 is 24.5 Å². The Morgan fingerprint density at radius 3 is 2.12 bits per heavy atom. The van der Waals surface area contributed by atoms with Crippen LogP contribution in [0.25, 0.3) is 11.5 Å². The minimum absolute atomic E-state index is 0.522. The van der Waals surface area contributed by atoms with Crippen LogP contribution in [-0.2, 0) is 4.84 Å². The fourth-order valence-corrected chi connectivity index (χ4v) is 1.28. The summed E-state index contributed by atoms with van der Waals surface area (Å²) >= 11 is 5.74. The Morgan fingerprint density at radius 1 is 1.24 bits per heavy atom. The minimum atomic E-state index is 0.522. The monoisotopic (exact) mass is 368 g/mol. The predicted octanol–water partition coefficient (Wildman–Crippen LogP) is 5.46. The summed E-state index contributed by atoms with van der Waals surface area (Å²) in [5.74, 6) is 1.15. The average Bonchev–Trinajstić information content (AvgIpc) is 3.09. The van der Waals surface area contributed by atoms with E-state index in [1.165, 1.54) is 7.11 Å². The SMILES string of the molecule is C=NCC.CC.CC/C=N/OC.Cc1noc(-c2ccc(Cl)cc2)n1. The van der Waals surface area contributed by atoms with Crippen molar-refractivity contribution in [2.24, 2.45) is 10.1 Å². The Hall–Kier alpha value is -2.21. The van der Waals surface area contributed by atoms with Gasteiger partial charge in [-0.25, -0.2) is 0 Å². The highest BCUT2D eigenvalue weighted by molar-refractivity contribution is 6.30. The number of nitrogens with zero attached hydrogens (tertiary/aromatic N) is 4. The van der Waals surface area contributed by atoms with E-state index in [0.717, 1.165) is 18.5 Å². The van der Waals surface area contributed by atoms with Crippen LogP contribution in [0.3, 0.4) is 0 Å². The van der Waals surface area contributed by atoms with Crippen molar-refractivity contribution in [3.05, 3.63) is 35.1 Å². The van der Waals surface area contributed by atoms with Crippen molar-refractivity contribution in [3.8, 4) is 11.5 Å². The van der Waals surface area contributed by atoms with Gasteiger partial charge < -0.3 is 14.4 Å². The zero-order chi connectivity index (χ0) is 19.5. The van der Waals surface area contributed by atoms with Crippen LogP contribution in [0.5, 0.6) is 0 Å². The van der Waals surface area contributed by atoms with E-state index in [9.17, 15) is 0 Å². The Balaban J connectivity index is 0. The van der Waals surface area contributed by atoms with E-state index in [0.29, 0.717) is 16.7 Å². The molecule has 0 spiro atoms. The first kappa shape index (κ1) is 25.0. The molecule has 0 N–H and O–H groups in total. The Bertz CT molecular complexity index is 563. The van der Waals surface area contributed by atoms with Gasteiger partial charge in [0.05, 0.1) is 0 Å². The van der Waals surface area contributed by atoms with Crippen LogP contribution in [0.1, 0.15) is 39.9 Å². The maximum Gasteiger partial charge on any atom is 0.257 e. The van der Waals surface area contributed by atoms with Crippen LogP contribution in [0, 0.1) is 6.92 Å². The first-order valence-electron chi connectivity index (χ1n) is 8.12.